The lowest BCUT2D eigenvalue weighted by atomic mass is 9.91. The number of carbonyl (C=O) groups excluding carboxylic acids is 2. The molecular formula is C17H24FNO2. The first kappa shape index (κ1) is 17.3. The van der Waals surface area contributed by atoms with Crippen molar-refractivity contribution in [3.8, 4) is 0 Å². The lowest BCUT2D eigenvalue weighted by Crippen LogP contribution is -2.25. The van der Waals surface area contributed by atoms with Crippen LogP contribution in [0.2, 0.25) is 0 Å². The molecule has 4 heteroatoms. The van der Waals surface area contributed by atoms with E-state index in [1.165, 1.54) is 18.2 Å². The van der Waals surface area contributed by atoms with Gasteiger partial charge in [0, 0.05) is 19.4 Å². The summed E-state index contributed by atoms with van der Waals surface area (Å²) in [4.78, 5) is 23.4. The number of amides is 1. The van der Waals surface area contributed by atoms with E-state index >= 15 is 0 Å². The summed E-state index contributed by atoms with van der Waals surface area (Å²) in [6.45, 7) is 7.08. The molecule has 21 heavy (non-hydrogen) atoms. The minimum atomic E-state index is -0.534. The highest BCUT2D eigenvalue weighted by atomic mass is 19.1. The maximum Gasteiger partial charge on any atom is 0.220 e. The van der Waals surface area contributed by atoms with E-state index in [-0.39, 0.29) is 35.5 Å². The second-order valence-electron chi connectivity index (χ2n) is 6.42. The van der Waals surface area contributed by atoms with E-state index in [4.69, 9.17) is 0 Å². The first-order chi connectivity index (χ1) is 9.79. The molecular weight excluding hydrogens is 269 g/mol. The van der Waals surface area contributed by atoms with Crippen molar-refractivity contribution in [2.75, 3.05) is 6.54 Å². The number of Topliss-reactive ketones (excluding diaryl/α,β-unsaturated/α-hetero) is 1. The number of hydrogen-bond acceptors (Lipinski definition) is 2. The van der Waals surface area contributed by atoms with Crippen LogP contribution in [0.15, 0.2) is 24.3 Å². The molecule has 0 unspecified atom stereocenters. The maximum atomic E-state index is 13.4. The van der Waals surface area contributed by atoms with Crippen molar-refractivity contribution in [3.63, 3.8) is 0 Å². The molecule has 1 aromatic carbocycles. The van der Waals surface area contributed by atoms with Gasteiger partial charge in [-0.25, -0.2) is 4.39 Å². The van der Waals surface area contributed by atoms with E-state index in [1.54, 1.807) is 6.07 Å². The fraction of sp³-hybridized carbons (Fsp3) is 0.529. The number of nitrogens with one attached hydrogen (secondary N) is 1. The monoisotopic (exact) mass is 293 g/mol. The zero-order chi connectivity index (χ0) is 15.9. The van der Waals surface area contributed by atoms with Crippen molar-refractivity contribution in [1.82, 2.24) is 5.32 Å². The Hall–Kier alpha value is -1.71. The van der Waals surface area contributed by atoms with Crippen LogP contribution < -0.4 is 5.32 Å². The van der Waals surface area contributed by atoms with Gasteiger partial charge in [0.1, 0.15) is 5.82 Å². The summed E-state index contributed by atoms with van der Waals surface area (Å²) in [6, 6.07) is 5.84. The Morgan fingerprint density at radius 2 is 1.81 bits per heavy atom. The minimum Gasteiger partial charge on any atom is -0.356 e. The summed E-state index contributed by atoms with van der Waals surface area (Å²) in [6.07, 6.45) is 2.08. The van der Waals surface area contributed by atoms with Gasteiger partial charge in [0.2, 0.25) is 5.91 Å². The summed E-state index contributed by atoms with van der Waals surface area (Å²) in [5.74, 6) is -1.03. The van der Waals surface area contributed by atoms with Crippen molar-refractivity contribution in [2.45, 2.75) is 46.5 Å². The Morgan fingerprint density at radius 3 is 2.43 bits per heavy atom. The normalized spacial score (nSPS) is 11.2. The van der Waals surface area contributed by atoms with Gasteiger partial charge in [-0.3, -0.25) is 9.59 Å². The average molecular weight is 293 g/mol. The second-order valence-corrected chi connectivity index (χ2v) is 6.42. The molecule has 1 N–H and O–H groups in total. The van der Waals surface area contributed by atoms with E-state index in [9.17, 15) is 14.0 Å². The third-order valence-electron chi connectivity index (χ3n) is 3.18. The molecule has 1 rings (SSSR count). The van der Waals surface area contributed by atoms with Crippen LogP contribution in [-0.2, 0) is 4.79 Å². The maximum absolute atomic E-state index is 13.4. The molecule has 0 aliphatic rings. The Bertz CT molecular complexity index is 492. The fourth-order valence-electron chi connectivity index (χ4n) is 1.98. The minimum absolute atomic E-state index is 0.0338. The molecule has 1 aromatic rings. The molecule has 0 fully saturated rings. The Balaban J connectivity index is 2.27. The summed E-state index contributed by atoms with van der Waals surface area (Å²) >= 11 is 0. The van der Waals surface area contributed by atoms with Crippen molar-refractivity contribution in [2.24, 2.45) is 5.41 Å². The lowest BCUT2D eigenvalue weighted by molar-refractivity contribution is -0.121. The first-order valence-corrected chi connectivity index (χ1v) is 7.34. The van der Waals surface area contributed by atoms with Crippen molar-refractivity contribution in [1.29, 1.82) is 0 Å². The van der Waals surface area contributed by atoms with Gasteiger partial charge in [0.05, 0.1) is 5.56 Å². The van der Waals surface area contributed by atoms with Crippen molar-refractivity contribution < 1.29 is 14.0 Å². The summed E-state index contributed by atoms with van der Waals surface area (Å²) in [7, 11) is 0. The zero-order valence-electron chi connectivity index (χ0n) is 13.0. The van der Waals surface area contributed by atoms with Gasteiger partial charge in [-0.2, -0.15) is 0 Å². The molecule has 0 aliphatic carbocycles. The van der Waals surface area contributed by atoms with Crippen LogP contribution in [0.1, 0.15) is 56.8 Å². The highest BCUT2D eigenvalue weighted by Gasteiger charge is 2.13. The molecule has 3 nitrogen and oxygen atoms in total. The Kier molecular flexibility index (Phi) is 6.53. The number of ketones is 1. The summed E-state index contributed by atoms with van der Waals surface area (Å²) in [5.41, 5.74) is 0.309. The Labute approximate surface area is 125 Å². The molecule has 0 aliphatic heterocycles. The van der Waals surface area contributed by atoms with E-state index in [2.05, 4.69) is 26.1 Å². The molecule has 0 bridgehead atoms. The lowest BCUT2D eigenvalue weighted by Gasteiger charge is -2.17. The molecule has 0 heterocycles. The van der Waals surface area contributed by atoms with Gasteiger partial charge in [-0.1, -0.05) is 32.9 Å². The average Bonchev–Trinajstić information content (AvgIpc) is 2.40. The highest BCUT2D eigenvalue weighted by Crippen LogP contribution is 2.19. The predicted octanol–water partition coefficient (Wildman–Crippen LogP) is 3.73. The molecule has 0 atom stereocenters. The number of hydrogen-bond donors (Lipinski definition) is 1. The van der Waals surface area contributed by atoms with E-state index in [1.807, 2.05) is 0 Å². The third kappa shape index (κ3) is 7.02. The van der Waals surface area contributed by atoms with Gasteiger partial charge in [-0.15, -0.1) is 0 Å². The van der Waals surface area contributed by atoms with E-state index in [0.29, 0.717) is 6.54 Å². The fourth-order valence-corrected chi connectivity index (χ4v) is 1.98. The topological polar surface area (TPSA) is 46.2 Å². The molecule has 0 spiro atoms. The predicted molar refractivity (Wildman–Crippen MR) is 81.7 cm³/mol. The molecule has 0 saturated heterocycles. The van der Waals surface area contributed by atoms with Crippen LogP contribution >= 0.6 is 0 Å². The summed E-state index contributed by atoms with van der Waals surface area (Å²) in [5, 5.41) is 2.79. The molecule has 1 amide bonds. The van der Waals surface area contributed by atoms with Crippen molar-refractivity contribution in [3.05, 3.63) is 35.6 Å². The van der Waals surface area contributed by atoms with Gasteiger partial charge in [-0.05, 0) is 30.4 Å². The number of halogens is 1. The van der Waals surface area contributed by atoms with Gasteiger partial charge < -0.3 is 5.32 Å². The van der Waals surface area contributed by atoms with Crippen LogP contribution in [-0.4, -0.2) is 18.2 Å². The van der Waals surface area contributed by atoms with Crippen LogP contribution in [0.3, 0.4) is 0 Å². The van der Waals surface area contributed by atoms with Crippen LogP contribution in [0.25, 0.3) is 0 Å². The number of benzene rings is 1. The summed E-state index contributed by atoms with van der Waals surface area (Å²) < 4.78 is 13.4. The standard InChI is InChI=1S/C17H24FNO2/c1-17(2,3)11-6-12-19-16(21)10-9-15(20)13-7-4-5-8-14(13)18/h4-5,7-8H,6,9-12H2,1-3H3,(H,19,21). The number of rotatable bonds is 7. The number of carbonyl (C=O) groups is 2. The quantitative estimate of drug-likeness (QED) is 0.615. The SMILES string of the molecule is CC(C)(C)CCCNC(=O)CCC(=O)c1ccccc1F. The molecule has 0 aromatic heterocycles. The zero-order valence-corrected chi connectivity index (χ0v) is 13.0. The largest absolute Gasteiger partial charge is 0.356 e. The smallest absolute Gasteiger partial charge is 0.220 e. The molecule has 0 saturated carbocycles. The highest BCUT2D eigenvalue weighted by molar-refractivity contribution is 5.98. The van der Waals surface area contributed by atoms with Gasteiger partial charge >= 0.3 is 0 Å². The van der Waals surface area contributed by atoms with Gasteiger partial charge in [0.15, 0.2) is 5.78 Å². The molecule has 0 radical (unpaired) electrons. The second kappa shape index (κ2) is 7.91. The van der Waals surface area contributed by atoms with Crippen molar-refractivity contribution >= 4 is 11.7 Å². The Morgan fingerprint density at radius 1 is 1.14 bits per heavy atom. The first-order valence-electron chi connectivity index (χ1n) is 7.34. The van der Waals surface area contributed by atoms with E-state index < -0.39 is 5.82 Å². The van der Waals surface area contributed by atoms with Crippen LogP contribution in [0.5, 0.6) is 0 Å². The van der Waals surface area contributed by atoms with E-state index in [0.717, 1.165) is 12.8 Å². The molecule has 116 valence electrons. The van der Waals surface area contributed by atoms with Crippen LogP contribution in [0.4, 0.5) is 4.39 Å². The van der Waals surface area contributed by atoms with Crippen LogP contribution in [0, 0.1) is 11.2 Å². The van der Waals surface area contributed by atoms with Gasteiger partial charge in [0.25, 0.3) is 0 Å². The third-order valence-corrected chi connectivity index (χ3v) is 3.18.